The molecule has 0 aliphatic carbocycles. The van der Waals surface area contributed by atoms with Gasteiger partial charge >= 0.3 is 0 Å². The van der Waals surface area contributed by atoms with Gasteiger partial charge in [0.05, 0.1) is 31.1 Å². The van der Waals surface area contributed by atoms with Crippen LogP contribution in [0, 0.1) is 4.77 Å². The summed E-state index contributed by atoms with van der Waals surface area (Å²) < 4.78 is 31.3. The molecule has 1 N–H and O–H groups in total. The molecule has 24 heavy (non-hydrogen) atoms. The molecule has 130 valence electrons. The van der Waals surface area contributed by atoms with Gasteiger partial charge in [0.1, 0.15) is 6.33 Å². The van der Waals surface area contributed by atoms with Gasteiger partial charge in [-0.2, -0.15) is 14.1 Å². The van der Waals surface area contributed by atoms with Gasteiger partial charge in [-0.05, 0) is 31.3 Å². The number of benzene rings is 1. The van der Waals surface area contributed by atoms with E-state index in [1.54, 1.807) is 34.9 Å². The highest BCUT2D eigenvalue weighted by Crippen LogP contribution is 2.14. The molecular formula is C15H22N5O2S2+. The van der Waals surface area contributed by atoms with E-state index < -0.39 is 10.0 Å². The highest BCUT2D eigenvalue weighted by molar-refractivity contribution is 7.89. The maximum atomic E-state index is 12.6. The molecule has 0 unspecified atom stereocenters. The van der Waals surface area contributed by atoms with Gasteiger partial charge in [0, 0.05) is 6.54 Å². The van der Waals surface area contributed by atoms with Crippen LogP contribution >= 0.6 is 12.2 Å². The first-order chi connectivity index (χ1) is 11.5. The Labute approximate surface area is 147 Å². The maximum Gasteiger partial charge on any atom is 0.243 e. The van der Waals surface area contributed by atoms with Crippen LogP contribution in [0.15, 0.2) is 41.6 Å². The lowest BCUT2D eigenvalue weighted by Crippen LogP contribution is -3.14. The monoisotopic (exact) mass is 368 g/mol. The number of sulfonamides is 1. The third-order valence-electron chi connectivity index (χ3n) is 4.32. The number of nitrogens with zero attached hydrogens (tertiary/aromatic N) is 4. The summed E-state index contributed by atoms with van der Waals surface area (Å²) in [5, 5.41) is 4.32. The van der Waals surface area contributed by atoms with Crippen LogP contribution in [0.25, 0.3) is 0 Å². The van der Waals surface area contributed by atoms with E-state index >= 15 is 0 Å². The van der Waals surface area contributed by atoms with E-state index in [-0.39, 0.29) is 0 Å². The third kappa shape index (κ3) is 3.44. The molecule has 7 nitrogen and oxygen atoms in total. The highest BCUT2D eigenvalue weighted by Gasteiger charge is 2.30. The SMILES string of the molecule is CCn1cnn(C[NH+]2CCN(S(=O)(=O)c3ccccc3)CC2)c1=S. The molecule has 0 amide bonds. The van der Waals surface area contributed by atoms with Crippen molar-refractivity contribution < 1.29 is 13.3 Å². The quantitative estimate of drug-likeness (QED) is 0.754. The lowest BCUT2D eigenvalue weighted by Gasteiger charge is -2.31. The van der Waals surface area contributed by atoms with Gasteiger partial charge in [-0.15, -0.1) is 0 Å². The standard InChI is InChI=1S/C15H21N5O2S2/c1-2-18-12-16-20(15(18)23)13-17-8-10-19(11-9-17)24(21,22)14-6-4-3-5-7-14/h3-7,12H,2,8-11,13H2,1H3/p+1. The molecule has 2 heterocycles. The topological polar surface area (TPSA) is 64.6 Å². The van der Waals surface area contributed by atoms with Crippen LogP contribution in [0.1, 0.15) is 6.92 Å². The molecule has 0 spiro atoms. The summed E-state index contributed by atoms with van der Waals surface area (Å²) in [6, 6.07) is 8.61. The van der Waals surface area contributed by atoms with E-state index in [0.717, 1.165) is 19.6 Å². The van der Waals surface area contributed by atoms with E-state index in [1.165, 1.54) is 4.90 Å². The lowest BCUT2D eigenvalue weighted by atomic mass is 10.4. The molecule has 0 saturated carbocycles. The van der Waals surface area contributed by atoms with Crippen LogP contribution in [0.2, 0.25) is 0 Å². The second kappa shape index (κ2) is 7.14. The second-order valence-electron chi connectivity index (χ2n) is 5.82. The summed E-state index contributed by atoms with van der Waals surface area (Å²) in [5.41, 5.74) is 0. The van der Waals surface area contributed by atoms with Crippen molar-refractivity contribution in [3.05, 3.63) is 41.4 Å². The summed E-state index contributed by atoms with van der Waals surface area (Å²) in [5.74, 6) is 0. The van der Waals surface area contributed by atoms with Crippen LogP contribution in [0.3, 0.4) is 0 Å². The van der Waals surface area contributed by atoms with Crippen molar-refractivity contribution in [1.29, 1.82) is 0 Å². The van der Waals surface area contributed by atoms with Gasteiger partial charge in [-0.3, -0.25) is 0 Å². The molecule has 3 rings (SSSR count). The first-order valence-corrected chi connectivity index (χ1v) is 9.88. The van der Waals surface area contributed by atoms with Crippen molar-refractivity contribution in [3.8, 4) is 0 Å². The van der Waals surface area contributed by atoms with Gasteiger partial charge in [0.15, 0.2) is 6.67 Å². The van der Waals surface area contributed by atoms with Crippen molar-refractivity contribution in [2.24, 2.45) is 0 Å². The average molecular weight is 369 g/mol. The molecule has 1 aromatic heterocycles. The van der Waals surface area contributed by atoms with Gasteiger partial charge in [0.2, 0.25) is 14.8 Å². The van der Waals surface area contributed by atoms with E-state index in [1.807, 2.05) is 22.2 Å². The van der Waals surface area contributed by atoms with Crippen molar-refractivity contribution in [2.45, 2.75) is 25.0 Å². The minimum absolute atomic E-state index is 0.359. The molecule has 1 aliphatic heterocycles. The van der Waals surface area contributed by atoms with Crippen molar-refractivity contribution in [1.82, 2.24) is 18.7 Å². The number of hydrogen-bond acceptors (Lipinski definition) is 4. The fourth-order valence-corrected chi connectivity index (χ4v) is 4.60. The Morgan fingerprint density at radius 3 is 2.46 bits per heavy atom. The molecule has 2 aromatic rings. The van der Waals surface area contributed by atoms with Gasteiger partial charge in [-0.1, -0.05) is 18.2 Å². The summed E-state index contributed by atoms with van der Waals surface area (Å²) in [6.45, 7) is 6.01. The minimum Gasteiger partial charge on any atom is -0.314 e. The number of rotatable bonds is 5. The van der Waals surface area contributed by atoms with Crippen LogP contribution in [0.5, 0.6) is 0 Å². The first-order valence-electron chi connectivity index (χ1n) is 8.03. The third-order valence-corrected chi connectivity index (χ3v) is 6.68. The van der Waals surface area contributed by atoms with Crippen LogP contribution in [-0.2, 0) is 23.2 Å². The molecular weight excluding hydrogens is 346 g/mol. The Kier molecular flexibility index (Phi) is 5.14. The van der Waals surface area contributed by atoms with Gasteiger partial charge in [0.25, 0.3) is 0 Å². The molecule has 1 aliphatic rings. The number of aryl methyl sites for hydroxylation is 1. The molecule has 1 fully saturated rings. The summed E-state index contributed by atoms with van der Waals surface area (Å²) in [4.78, 5) is 1.64. The smallest absolute Gasteiger partial charge is 0.243 e. The van der Waals surface area contributed by atoms with Crippen LogP contribution < -0.4 is 4.90 Å². The van der Waals surface area contributed by atoms with Crippen molar-refractivity contribution in [3.63, 3.8) is 0 Å². The van der Waals surface area contributed by atoms with Gasteiger partial charge in [-0.25, -0.2) is 8.42 Å². The van der Waals surface area contributed by atoms with Crippen molar-refractivity contribution in [2.75, 3.05) is 26.2 Å². The molecule has 0 bridgehead atoms. The maximum absolute atomic E-state index is 12.6. The van der Waals surface area contributed by atoms with Crippen molar-refractivity contribution >= 4 is 22.2 Å². The largest absolute Gasteiger partial charge is 0.314 e. The number of quaternary nitrogens is 1. The van der Waals surface area contributed by atoms with E-state index in [0.29, 0.717) is 29.4 Å². The molecule has 9 heteroatoms. The van der Waals surface area contributed by atoms with E-state index in [9.17, 15) is 8.42 Å². The van der Waals surface area contributed by atoms with E-state index in [2.05, 4.69) is 5.10 Å². The Bertz CT molecular complexity index is 836. The zero-order valence-electron chi connectivity index (χ0n) is 13.6. The van der Waals surface area contributed by atoms with Crippen LogP contribution in [-0.4, -0.2) is 53.2 Å². The second-order valence-corrected chi connectivity index (χ2v) is 8.13. The molecule has 1 saturated heterocycles. The number of nitrogens with one attached hydrogen (secondary N) is 1. The fraction of sp³-hybridized carbons (Fsp3) is 0.467. The van der Waals surface area contributed by atoms with Crippen LogP contribution in [0.4, 0.5) is 0 Å². The number of hydrogen-bond donors (Lipinski definition) is 1. The minimum atomic E-state index is -3.39. The molecule has 0 radical (unpaired) electrons. The zero-order chi connectivity index (χ0) is 17.2. The summed E-state index contributed by atoms with van der Waals surface area (Å²) in [7, 11) is -3.39. The number of piperazine rings is 1. The predicted octanol–water partition coefficient (Wildman–Crippen LogP) is -0.0191. The fourth-order valence-electron chi connectivity index (χ4n) is 2.85. The zero-order valence-corrected chi connectivity index (χ0v) is 15.3. The summed E-state index contributed by atoms with van der Waals surface area (Å²) >= 11 is 5.38. The predicted molar refractivity (Wildman–Crippen MR) is 92.6 cm³/mol. The average Bonchev–Trinajstić information content (AvgIpc) is 2.96. The Hall–Kier alpha value is -1.55. The molecule has 0 atom stereocenters. The number of aromatic nitrogens is 3. The first kappa shape index (κ1) is 17.3. The highest BCUT2D eigenvalue weighted by atomic mass is 32.2. The van der Waals surface area contributed by atoms with Gasteiger partial charge < -0.3 is 9.47 Å². The lowest BCUT2D eigenvalue weighted by molar-refractivity contribution is -0.926. The summed E-state index contributed by atoms with van der Waals surface area (Å²) in [6.07, 6.45) is 1.75. The molecule has 1 aromatic carbocycles. The Balaban J connectivity index is 1.64. The Morgan fingerprint density at radius 2 is 1.88 bits per heavy atom. The normalized spacial score (nSPS) is 17.2. The van der Waals surface area contributed by atoms with E-state index in [4.69, 9.17) is 12.2 Å². The Morgan fingerprint density at radius 1 is 1.21 bits per heavy atom.